The summed E-state index contributed by atoms with van der Waals surface area (Å²) in [6.07, 6.45) is 2.11. The molecule has 0 aromatic carbocycles. The molecule has 0 amide bonds. The van der Waals surface area contributed by atoms with Crippen LogP contribution in [0.4, 0.5) is 11.6 Å². The maximum absolute atomic E-state index is 9.76. The van der Waals surface area contributed by atoms with Gasteiger partial charge in [-0.3, -0.25) is 0 Å². The van der Waals surface area contributed by atoms with E-state index < -0.39 is 0 Å². The molecule has 4 aromatic rings. The molecule has 154 valence electrons. The monoisotopic (exact) mass is 442 g/mol. The number of aliphatic hydroxyl groups excluding tert-OH is 1. The standard InChI is InChI=1S/C19H19ClN8OS/c1-3-11-14(20)13-17(25-11)26-19(27-18(13)28-6-9(29)7-28)30-10-4-12-15(22-5-10)16(21)24-8(2)23-12/h4-5,9,29H,3,6-7H2,1-2H3,(H2,21,23,24)(H,25,26,27). The van der Waals surface area contributed by atoms with Gasteiger partial charge in [0.05, 0.1) is 22.0 Å². The fraction of sp³-hybridized carbons (Fsp3) is 0.316. The zero-order valence-electron chi connectivity index (χ0n) is 16.3. The van der Waals surface area contributed by atoms with Crippen LogP contribution in [0.3, 0.4) is 0 Å². The molecule has 4 aromatic heterocycles. The average molecular weight is 443 g/mol. The fourth-order valence-corrected chi connectivity index (χ4v) is 4.63. The summed E-state index contributed by atoms with van der Waals surface area (Å²) in [7, 11) is 0. The lowest BCUT2D eigenvalue weighted by Crippen LogP contribution is -2.51. The highest BCUT2D eigenvalue weighted by Gasteiger charge is 2.30. The van der Waals surface area contributed by atoms with Gasteiger partial charge in [-0.2, -0.15) is 0 Å². The van der Waals surface area contributed by atoms with Crippen molar-refractivity contribution in [3.05, 3.63) is 28.8 Å². The molecule has 0 atom stereocenters. The maximum Gasteiger partial charge on any atom is 0.196 e. The number of β-amino-alcohol motifs (C(OH)–C–C–N with tert-alkyl or cyclic N) is 1. The van der Waals surface area contributed by atoms with Crippen molar-refractivity contribution in [1.29, 1.82) is 0 Å². The molecule has 0 bridgehead atoms. The van der Waals surface area contributed by atoms with E-state index in [9.17, 15) is 5.11 Å². The number of aliphatic hydroxyl groups is 1. The third kappa shape index (κ3) is 3.21. The van der Waals surface area contributed by atoms with Gasteiger partial charge in [-0.25, -0.2) is 24.9 Å². The van der Waals surface area contributed by atoms with Crippen molar-refractivity contribution in [1.82, 2.24) is 29.9 Å². The van der Waals surface area contributed by atoms with Crippen molar-refractivity contribution in [2.75, 3.05) is 23.7 Å². The first-order valence-electron chi connectivity index (χ1n) is 9.51. The van der Waals surface area contributed by atoms with Gasteiger partial charge in [-0.1, -0.05) is 18.5 Å². The Morgan fingerprint density at radius 2 is 2.10 bits per heavy atom. The molecule has 0 aliphatic carbocycles. The second-order valence-corrected chi connectivity index (χ2v) is 8.60. The number of nitrogens with one attached hydrogen (secondary N) is 1. The second kappa shape index (κ2) is 7.22. The molecule has 1 aliphatic heterocycles. The molecule has 4 N–H and O–H groups in total. The van der Waals surface area contributed by atoms with Gasteiger partial charge in [0.1, 0.15) is 22.8 Å². The Kier molecular flexibility index (Phi) is 4.64. The van der Waals surface area contributed by atoms with Crippen LogP contribution in [-0.2, 0) is 6.42 Å². The fourth-order valence-electron chi connectivity index (χ4n) is 3.52. The average Bonchev–Trinajstić information content (AvgIpc) is 3.00. The molecule has 0 radical (unpaired) electrons. The lowest BCUT2D eigenvalue weighted by atomic mass is 10.1. The quantitative estimate of drug-likeness (QED) is 0.408. The number of nitrogens with two attached hydrogens (primary N) is 1. The van der Waals surface area contributed by atoms with Crippen molar-refractivity contribution >= 4 is 57.1 Å². The number of rotatable bonds is 4. The van der Waals surface area contributed by atoms with Gasteiger partial charge in [-0.15, -0.1) is 0 Å². The minimum atomic E-state index is -0.354. The summed E-state index contributed by atoms with van der Waals surface area (Å²) in [6.45, 7) is 4.86. The molecule has 11 heteroatoms. The van der Waals surface area contributed by atoms with Gasteiger partial charge in [0, 0.05) is 29.9 Å². The molecule has 30 heavy (non-hydrogen) atoms. The van der Waals surface area contributed by atoms with Gasteiger partial charge in [0.2, 0.25) is 0 Å². The Balaban J connectivity index is 1.58. The second-order valence-electron chi connectivity index (χ2n) is 7.18. The number of hydrogen-bond donors (Lipinski definition) is 3. The third-order valence-electron chi connectivity index (χ3n) is 5.00. The summed E-state index contributed by atoms with van der Waals surface area (Å²) in [6, 6.07) is 1.90. The van der Waals surface area contributed by atoms with E-state index in [1.807, 2.05) is 17.9 Å². The Bertz CT molecular complexity index is 1290. The smallest absolute Gasteiger partial charge is 0.196 e. The van der Waals surface area contributed by atoms with E-state index >= 15 is 0 Å². The van der Waals surface area contributed by atoms with Gasteiger partial charge < -0.3 is 20.7 Å². The summed E-state index contributed by atoms with van der Waals surface area (Å²) in [5, 5.41) is 11.7. The summed E-state index contributed by atoms with van der Waals surface area (Å²) in [5.41, 5.74) is 8.79. The lowest BCUT2D eigenvalue weighted by molar-refractivity contribution is 0.141. The van der Waals surface area contributed by atoms with Crippen LogP contribution in [0, 0.1) is 6.92 Å². The first-order valence-corrected chi connectivity index (χ1v) is 10.7. The molecule has 1 aliphatic rings. The van der Waals surface area contributed by atoms with Crippen molar-refractivity contribution < 1.29 is 5.11 Å². The zero-order chi connectivity index (χ0) is 21.0. The predicted octanol–water partition coefficient (Wildman–Crippen LogP) is 2.73. The SMILES string of the molecule is CCc1[nH]c2nc(Sc3cnc4c(N)nc(C)nc4c3)nc(N3CC(O)C3)c2c1Cl. The van der Waals surface area contributed by atoms with E-state index in [1.54, 1.807) is 13.1 Å². The molecular formula is C19H19ClN8OS. The Morgan fingerprint density at radius 1 is 1.30 bits per heavy atom. The van der Waals surface area contributed by atoms with Crippen LogP contribution in [0.1, 0.15) is 18.4 Å². The third-order valence-corrected chi connectivity index (χ3v) is 6.24. The van der Waals surface area contributed by atoms with Crippen molar-refractivity contribution in [3.63, 3.8) is 0 Å². The van der Waals surface area contributed by atoms with Crippen LogP contribution in [0.25, 0.3) is 22.1 Å². The summed E-state index contributed by atoms with van der Waals surface area (Å²) < 4.78 is 0. The first kappa shape index (κ1) is 19.3. The highest BCUT2D eigenvalue weighted by molar-refractivity contribution is 7.99. The Morgan fingerprint density at radius 3 is 2.83 bits per heavy atom. The largest absolute Gasteiger partial charge is 0.389 e. The van der Waals surface area contributed by atoms with E-state index in [0.717, 1.165) is 28.2 Å². The summed E-state index contributed by atoms with van der Waals surface area (Å²) in [4.78, 5) is 28.6. The lowest BCUT2D eigenvalue weighted by Gasteiger charge is -2.37. The van der Waals surface area contributed by atoms with Crippen molar-refractivity contribution in [2.24, 2.45) is 0 Å². The van der Waals surface area contributed by atoms with E-state index in [1.165, 1.54) is 11.8 Å². The number of H-pyrrole nitrogens is 1. The molecule has 0 unspecified atom stereocenters. The molecule has 1 saturated heterocycles. The van der Waals surface area contributed by atoms with E-state index in [-0.39, 0.29) is 6.10 Å². The molecule has 0 saturated carbocycles. The summed E-state index contributed by atoms with van der Waals surface area (Å²) >= 11 is 7.97. The van der Waals surface area contributed by atoms with Crippen molar-refractivity contribution in [2.45, 2.75) is 36.4 Å². The number of hydrogen-bond acceptors (Lipinski definition) is 9. The number of nitrogen functional groups attached to an aromatic ring is 1. The first-order chi connectivity index (χ1) is 14.4. The van der Waals surface area contributed by atoms with Gasteiger partial charge >= 0.3 is 0 Å². The van der Waals surface area contributed by atoms with Crippen LogP contribution in [0.2, 0.25) is 5.02 Å². The predicted molar refractivity (Wildman–Crippen MR) is 117 cm³/mol. The summed E-state index contributed by atoms with van der Waals surface area (Å²) in [5.74, 6) is 1.68. The highest BCUT2D eigenvalue weighted by Crippen LogP contribution is 2.38. The number of aromatic amines is 1. The van der Waals surface area contributed by atoms with E-state index in [4.69, 9.17) is 22.3 Å². The Labute approximate surface area is 181 Å². The number of aromatic nitrogens is 6. The normalized spacial score (nSPS) is 14.6. The van der Waals surface area contributed by atoms with Crippen LogP contribution >= 0.6 is 23.4 Å². The number of nitrogens with zero attached hydrogens (tertiary/aromatic N) is 6. The zero-order valence-corrected chi connectivity index (χ0v) is 17.9. The highest BCUT2D eigenvalue weighted by atomic mass is 35.5. The molecule has 1 fully saturated rings. The van der Waals surface area contributed by atoms with E-state index in [2.05, 4.69) is 24.9 Å². The van der Waals surface area contributed by atoms with Crippen LogP contribution in [0.5, 0.6) is 0 Å². The minimum Gasteiger partial charge on any atom is -0.389 e. The van der Waals surface area contributed by atoms with Crippen LogP contribution in [0.15, 0.2) is 22.3 Å². The van der Waals surface area contributed by atoms with Gasteiger partial charge in [-0.05, 0) is 31.2 Å². The molecule has 5 rings (SSSR count). The number of aryl methyl sites for hydroxylation is 2. The topological polar surface area (TPSA) is 130 Å². The molecule has 9 nitrogen and oxygen atoms in total. The van der Waals surface area contributed by atoms with Crippen molar-refractivity contribution in [3.8, 4) is 0 Å². The minimum absolute atomic E-state index is 0.354. The number of halogens is 1. The molecule has 0 spiro atoms. The maximum atomic E-state index is 9.76. The van der Waals surface area contributed by atoms with Gasteiger partial charge in [0.15, 0.2) is 11.0 Å². The van der Waals surface area contributed by atoms with Gasteiger partial charge in [0.25, 0.3) is 0 Å². The number of anilines is 2. The molecule has 5 heterocycles. The molecular weight excluding hydrogens is 424 g/mol. The van der Waals surface area contributed by atoms with Crippen LogP contribution in [-0.4, -0.2) is 54.2 Å². The van der Waals surface area contributed by atoms with Crippen LogP contribution < -0.4 is 10.6 Å². The van der Waals surface area contributed by atoms with E-state index in [0.29, 0.717) is 51.6 Å². The number of pyridine rings is 1. The number of fused-ring (bicyclic) bond motifs is 2. The Hall–Kier alpha value is -2.69.